The fourth-order valence-corrected chi connectivity index (χ4v) is 3.20. The zero-order valence-corrected chi connectivity index (χ0v) is 23.2. The SMILES string of the molecule is CC(C)C(=O)Oc1ccc(C(C(C)C(C)OC(=O)OCC(C)(C)C)[C@H](N)C(=O)O)cc1OC(=O)C(C)C. The van der Waals surface area contributed by atoms with Crippen molar-refractivity contribution >= 4 is 24.1 Å². The van der Waals surface area contributed by atoms with Crippen LogP contribution in [0.3, 0.4) is 0 Å². The van der Waals surface area contributed by atoms with Crippen LogP contribution in [-0.4, -0.2) is 47.9 Å². The molecule has 0 aliphatic heterocycles. The van der Waals surface area contributed by atoms with E-state index in [1.54, 1.807) is 47.6 Å². The summed E-state index contributed by atoms with van der Waals surface area (Å²) in [6.45, 7) is 15.8. The third kappa shape index (κ3) is 10.0. The molecule has 37 heavy (non-hydrogen) atoms. The van der Waals surface area contributed by atoms with Crippen LogP contribution < -0.4 is 15.2 Å². The van der Waals surface area contributed by atoms with Gasteiger partial charge in [-0.3, -0.25) is 14.4 Å². The minimum Gasteiger partial charge on any atom is -0.480 e. The van der Waals surface area contributed by atoms with Crippen molar-refractivity contribution in [2.24, 2.45) is 28.9 Å². The van der Waals surface area contributed by atoms with Crippen molar-refractivity contribution in [1.29, 1.82) is 0 Å². The molecule has 10 heteroatoms. The number of carbonyl (C=O) groups is 4. The van der Waals surface area contributed by atoms with E-state index in [0.717, 1.165) is 0 Å². The number of aliphatic carboxylic acids is 1. The third-order valence-electron chi connectivity index (χ3n) is 5.60. The molecule has 0 heterocycles. The van der Waals surface area contributed by atoms with Crippen molar-refractivity contribution in [1.82, 2.24) is 0 Å². The Bertz CT molecular complexity index is 965. The molecule has 0 saturated carbocycles. The van der Waals surface area contributed by atoms with Crippen LogP contribution in [0.15, 0.2) is 18.2 Å². The summed E-state index contributed by atoms with van der Waals surface area (Å²) in [6, 6.07) is 3.02. The fraction of sp³-hybridized carbons (Fsp3) is 0.630. The van der Waals surface area contributed by atoms with E-state index >= 15 is 0 Å². The van der Waals surface area contributed by atoms with Gasteiger partial charge in [-0.2, -0.15) is 0 Å². The molecule has 4 atom stereocenters. The van der Waals surface area contributed by atoms with Gasteiger partial charge in [-0.25, -0.2) is 4.79 Å². The van der Waals surface area contributed by atoms with Gasteiger partial charge in [0.25, 0.3) is 0 Å². The Hall–Kier alpha value is -3.14. The van der Waals surface area contributed by atoms with E-state index < -0.39 is 59.9 Å². The minimum atomic E-state index is -1.38. The van der Waals surface area contributed by atoms with E-state index in [0.29, 0.717) is 5.56 Å². The molecule has 208 valence electrons. The number of carbonyl (C=O) groups excluding carboxylic acids is 3. The first-order valence-corrected chi connectivity index (χ1v) is 12.3. The molecule has 0 saturated heterocycles. The van der Waals surface area contributed by atoms with E-state index in [1.807, 2.05) is 20.8 Å². The molecule has 0 bridgehead atoms. The van der Waals surface area contributed by atoms with Crippen molar-refractivity contribution < 1.29 is 43.2 Å². The molecule has 0 amide bonds. The monoisotopic (exact) mass is 523 g/mol. The summed E-state index contributed by atoms with van der Waals surface area (Å²) in [6.07, 6.45) is -1.65. The third-order valence-corrected chi connectivity index (χ3v) is 5.60. The van der Waals surface area contributed by atoms with Crippen molar-refractivity contribution in [2.75, 3.05) is 6.61 Å². The lowest BCUT2D eigenvalue weighted by Crippen LogP contribution is -2.42. The standard InChI is InChI=1S/C27H41NO9/c1-14(2)24(31)36-19-11-10-18(12-20(19)37-25(32)15(3)4)21(22(28)23(29)30)16(5)17(6)35-26(33)34-13-27(7,8)9/h10-12,14-17,21-22H,13,28H2,1-9H3,(H,29,30)/t16?,17?,21?,22-/m0/s1. The van der Waals surface area contributed by atoms with Gasteiger partial charge in [-0.1, -0.05) is 61.5 Å². The molecule has 0 aliphatic rings. The smallest absolute Gasteiger partial charge is 0.480 e. The number of benzene rings is 1. The largest absolute Gasteiger partial charge is 0.508 e. The second-order valence-corrected chi connectivity index (χ2v) is 11.0. The van der Waals surface area contributed by atoms with Crippen LogP contribution in [0.1, 0.15) is 73.8 Å². The quantitative estimate of drug-likeness (QED) is 0.312. The predicted octanol–water partition coefficient (Wildman–Crippen LogP) is 4.53. The van der Waals surface area contributed by atoms with Crippen LogP contribution >= 0.6 is 0 Å². The minimum absolute atomic E-state index is 0.0156. The van der Waals surface area contributed by atoms with Crippen molar-refractivity contribution in [3.05, 3.63) is 23.8 Å². The average Bonchev–Trinajstić information content (AvgIpc) is 2.78. The number of esters is 2. The Labute approximate surface area is 218 Å². The Morgan fingerprint density at radius 2 is 1.41 bits per heavy atom. The molecule has 10 nitrogen and oxygen atoms in total. The summed E-state index contributed by atoms with van der Waals surface area (Å²) in [5, 5.41) is 9.71. The van der Waals surface area contributed by atoms with E-state index in [9.17, 15) is 24.3 Å². The average molecular weight is 524 g/mol. The maximum absolute atomic E-state index is 12.3. The summed E-state index contributed by atoms with van der Waals surface area (Å²) in [5.74, 6) is -4.75. The van der Waals surface area contributed by atoms with Crippen LogP contribution in [0.5, 0.6) is 11.5 Å². The summed E-state index contributed by atoms with van der Waals surface area (Å²) in [4.78, 5) is 48.7. The number of carboxylic acid groups (broad SMARTS) is 1. The number of rotatable bonds is 11. The zero-order chi connectivity index (χ0) is 28.7. The number of ether oxygens (including phenoxy) is 4. The van der Waals surface area contributed by atoms with Gasteiger partial charge in [0.05, 0.1) is 18.4 Å². The Kier molecular flexibility index (Phi) is 11.6. The first kappa shape index (κ1) is 31.9. The molecule has 3 unspecified atom stereocenters. The number of hydrogen-bond acceptors (Lipinski definition) is 9. The van der Waals surface area contributed by atoms with Gasteiger partial charge in [0.15, 0.2) is 11.5 Å². The highest BCUT2D eigenvalue weighted by Gasteiger charge is 2.36. The summed E-state index contributed by atoms with van der Waals surface area (Å²) >= 11 is 0. The van der Waals surface area contributed by atoms with Gasteiger partial charge in [0.1, 0.15) is 12.1 Å². The number of nitrogens with two attached hydrogens (primary N) is 1. The van der Waals surface area contributed by atoms with Crippen molar-refractivity contribution in [3.63, 3.8) is 0 Å². The maximum Gasteiger partial charge on any atom is 0.508 e. The van der Waals surface area contributed by atoms with E-state index in [4.69, 9.17) is 24.7 Å². The number of hydrogen-bond donors (Lipinski definition) is 2. The highest BCUT2D eigenvalue weighted by Crippen LogP contribution is 2.37. The van der Waals surface area contributed by atoms with E-state index in [1.165, 1.54) is 12.1 Å². The van der Waals surface area contributed by atoms with Crippen LogP contribution in [0.4, 0.5) is 4.79 Å². The molecule has 0 radical (unpaired) electrons. The Balaban J connectivity index is 3.38. The molecule has 0 aromatic heterocycles. The Morgan fingerprint density at radius 3 is 1.86 bits per heavy atom. The summed E-state index contributed by atoms with van der Waals surface area (Å²) in [7, 11) is 0. The topological polar surface area (TPSA) is 151 Å². The first-order valence-electron chi connectivity index (χ1n) is 12.3. The Morgan fingerprint density at radius 1 is 0.892 bits per heavy atom. The molecular weight excluding hydrogens is 482 g/mol. The lowest BCUT2D eigenvalue weighted by atomic mass is 9.79. The normalized spacial score (nSPS) is 14.9. The molecule has 0 spiro atoms. The van der Waals surface area contributed by atoms with Gasteiger partial charge in [-0.15, -0.1) is 0 Å². The van der Waals surface area contributed by atoms with Gasteiger partial charge < -0.3 is 29.8 Å². The molecule has 0 fully saturated rings. The van der Waals surface area contributed by atoms with E-state index in [2.05, 4.69) is 0 Å². The molecule has 3 N–H and O–H groups in total. The molecular formula is C27H41NO9. The fourth-order valence-electron chi connectivity index (χ4n) is 3.20. The first-order chi connectivity index (χ1) is 16.9. The molecule has 1 aromatic carbocycles. The molecule has 0 aliphatic carbocycles. The number of carboxylic acids is 1. The van der Waals surface area contributed by atoms with Crippen LogP contribution in [-0.2, 0) is 23.9 Å². The van der Waals surface area contributed by atoms with Crippen LogP contribution in [0.25, 0.3) is 0 Å². The molecule has 1 aromatic rings. The summed E-state index contributed by atoms with van der Waals surface area (Å²) in [5.41, 5.74) is 6.21. The molecule has 1 rings (SSSR count). The van der Waals surface area contributed by atoms with Gasteiger partial charge in [-0.05, 0) is 30.0 Å². The van der Waals surface area contributed by atoms with Gasteiger partial charge in [0.2, 0.25) is 0 Å². The predicted molar refractivity (Wildman–Crippen MR) is 136 cm³/mol. The lowest BCUT2D eigenvalue weighted by Gasteiger charge is -2.31. The zero-order valence-electron chi connectivity index (χ0n) is 23.2. The van der Waals surface area contributed by atoms with Gasteiger partial charge in [0, 0.05) is 11.8 Å². The van der Waals surface area contributed by atoms with Crippen molar-refractivity contribution in [3.8, 4) is 11.5 Å². The lowest BCUT2D eigenvalue weighted by molar-refractivity contribution is -0.140. The van der Waals surface area contributed by atoms with Crippen LogP contribution in [0.2, 0.25) is 0 Å². The van der Waals surface area contributed by atoms with E-state index in [-0.39, 0.29) is 23.5 Å². The maximum atomic E-state index is 12.3. The highest BCUT2D eigenvalue weighted by molar-refractivity contribution is 5.78. The van der Waals surface area contributed by atoms with Crippen molar-refractivity contribution in [2.45, 2.75) is 80.4 Å². The highest BCUT2D eigenvalue weighted by atomic mass is 16.7. The van der Waals surface area contributed by atoms with Crippen LogP contribution in [0, 0.1) is 23.2 Å². The van der Waals surface area contributed by atoms with Gasteiger partial charge >= 0.3 is 24.1 Å². The second kappa shape index (κ2) is 13.4. The second-order valence-electron chi connectivity index (χ2n) is 11.0. The summed E-state index contributed by atoms with van der Waals surface area (Å²) < 4.78 is 21.4.